The zero-order chi connectivity index (χ0) is 24.3. The molecule has 1 heterocycles. The minimum atomic E-state index is -4.04. The van der Waals surface area contributed by atoms with Crippen molar-refractivity contribution >= 4 is 33.4 Å². The van der Waals surface area contributed by atoms with Gasteiger partial charge in [0, 0.05) is 36.8 Å². The van der Waals surface area contributed by atoms with Gasteiger partial charge in [0.2, 0.25) is 15.9 Å². The second-order valence-corrected chi connectivity index (χ2v) is 10.4. The number of carbonyl (C=O) groups excluding carboxylic acids is 2. The molecule has 0 saturated carbocycles. The van der Waals surface area contributed by atoms with Crippen LogP contribution >= 0.6 is 11.6 Å². The third kappa shape index (κ3) is 5.69. The number of hydrogen-bond donors (Lipinski definition) is 1. The fraction of sp³-hybridized carbons (Fsp3) is 0.364. The number of nitrogens with one attached hydrogen (secondary N) is 1. The second kappa shape index (κ2) is 10.1. The molecule has 1 aliphatic rings. The topological polar surface area (TPSA) is 86.8 Å². The van der Waals surface area contributed by atoms with Gasteiger partial charge < -0.3 is 10.2 Å². The Hall–Kier alpha value is -2.56. The summed E-state index contributed by atoms with van der Waals surface area (Å²) in [5.41, 5.74) is 0.361. The first-order valence-electron chi connectivity index (χ1n) is 10.3. The van der Waals surface area contributed by atoms with Crippen LogP contribution in [0.5, 0.6) is 0 Å². The highest BCUT2D eigenvalue weighted by molar-refractivity contribution is 7.89. The van der Waals surface area contributed by atoms with Crippen LogP contribution in [-0.2, 0) is 14.8 Å². The van der Waals surface area contributed by atoms with E-state index < -0.39 is 33.6 Å². The third-order valence-corrected chi connectivity index (χ3v) is 7.55. The maximum atomic E-state index is 13.5. The van der Waals surface area contributed by atoms with Crippen LogP contribution in [0.25, 0.3) is 0 Å². The molecule has 33 heavy (non-hydrogen) atoms. The number of rotatable bonds is 6. The predicted molar refractivity (Wildman–Crippen MR) is 119 cm³/mol. The van der Waals surface area contributed by atoms with E-state index in [1.54, 1.807) is 38.1 Å². The molecule has 1 aliphatic heterocycles. The third-order valence-electron chi connectivity index (χ3n) is 5.40. The van der Waals surface area contributed by atoms with Crippen LogP contribution < -0.4 is 5.32 Å². The van der Waals surface area contributed by atoms with Crippen molar-refractivity contribution in [2.24, 2.45) is 5.92 Å². The van der Waals surface area contributed by atoms with E-state index in [0.717, 1.165) is 16.4 Å². The molecule has 2 aromatic rings. The molecule has 1 saturated heterocycles. The Labute approximate surface area is 196 Å². The molecular weight excluding hydrogens is 476 g/mol. The van der Waals surface area contributed by atoms with Crippen molar-refractivity contribution in [1.29, 1.82) is 0 Å². The summed E-state index contributed by atoms with van der Waals surface area (Å²) in [5, 5.41) is 3.23. The standard InChI is InChI=1S/C22H24ClF2N3O4S/c1-14(2)20(26-21(29)15-3-5-16(23)6-4-15)22(30)27-9-11-28(12-10-27)33(31,32)17-7-8-18(24)19(25)13-17/h3-8,13-14,20H,9-12H2,1-2H3,(H,26,29). The van der Waals surface area contributed by atoms with E-state index in [1.165, 1.54) is 4.90 Å². The summed E-state index contributed by atoms with van der Waals surface area (Å²) < 4.78 is 53.3. The lowest BCUT2D eigenvalue weighted by atomic mass is 10.0. The summed E-state index contributed by atoms with van der Waals surface area (Å²) in [6.07, 6.45) is 0. The number of sulfonamides is 1. The largest absolute Gasteiger partial charge is 0.340 e. The number of benzene rings is 2. The second-order valence-electron chi connectivity index (χ2n) is 8.01. The van der Waals surface area contributed by atoms with Gasteiger partial charge in [0.15, 0.2) is 11.6 Å². The Morgan fingerprint density at radius 2 is 1.58 bits per heavy atom. The van der Waals surface area contributed by atoms with Crippen molar-refractivity contribution in [2.45, 2.75) is 24.8 Å². The molecule has 0 aliphatic carbocycles. The van der Waals surface area contributed by atoms with E-state index >= 15 is 0 Å². The van der Waals surface area contributed by atoms with Gasteiger partial charge in [0.05, 0.1) is 4.90 Å². The lowest BCUT2D eigenvalue weighted by molar-refractivity contribution is -0.135. The highest BCUT2D eigenvalue weighted by atomic mass is 35.5. The maximum Gasteiger partial charge on any atom is 0.251 e. The molecule has 178 valence electrons. The molecular formula is C22H24ClF2N3O4S. The average molecular weight is 500 g/mol. The molecule has 0 aromatic heterocycles. The molecule has 0 spiro atoms. The van der Waals surface area contributed by atoms with E-state index in [9.17, 15) is 26.8 Å². The van der Waals surface area contributed by atoms with Crippen LogP contribution in [0.1, 0.15) is 24.2 Å². The van der Waals surface area contributed by atoms with Gasteiger partial charge in [0.25, 0.3) is 5.91 Å². The summed E-state index contributed by atoms with van der Waals surface area (Å²) in [6.45, 7) is 3.78. The van der Waals surface area contributed by atoms with Crippen molar-refractivity contribution in [3.8, 4) is 0 Å². The summed E-state index contributed by atoms with van der Waals surface area (Å²) in [5.74, 6) is -3.33. The smallest absolute Gasteiger partial charge is 0.251 e. The first kappa shape index (κ1) is 25.1. The van der Waals surface area contributed by atoms with Crippen molar-refractivity contribution in [1.82, 2.24) is 14.5 Å². The maximum absolute atomic E-state index is 13.5. The van der Waals surface area contributed by atoms with E-state index in [0.29, 0.717) is 16.7 Å². The highest BCUT2D eigenvalue weighted by Crippen LogP contribution is 2.21. The van der Waals surface area contributed by atoms with Crippen molar-refractivity contribution in [3.63, 3.8) is 0 Å². The Morgan fingerprint density at radius 1 is 0.970 bits per heavy atom. The number of nitrogens with zero attached hydrogens (tertiary/aromatic N) is 2. The molecule has 1 N–H and O–H groups in total. The number of hydrogen-bond acceptors (Lipinski definition) is 4. The summed E-state index contributed by atoms with van der Waals surface area (Å²) >= 11 is 5.85. The number of halogens is 3. The number of carbonyl (C=O) groups is 2. The van der Waals surface area contributed by atoms with Crippen LogP contribution in [0.15, 0.2) is 47.4 Å². The molecule has 1 unspecified atom stereocenters. The lowest BCUT2D eigenvalue weighted by Gasteiger charge is -2.36. The minimum Gasteiger partial charge on any atom is -0.340 e. The van der Waals surface area contributed by atoms with Crippen LogP contribution in [-0.4, -0.2) is 61.7 Å². The first-order chi connectivity index (χ1) is 15.5. The summed E-state index contributed by atoms with van der Waals surface area (Å²) in [7, 11) is -4.04. The lowest BCUT2D eigenvalue weighted by Crippen LogP contribution is -2.57. The zero-order valence-corrected chi connectivity index (χ0v) is 19.7. The Kier molecular flexibility index (Phi) is 7.71. The molecule has 7 nitrogen and oxygen atoms in total. The predicted octanol–water partition coefficient (Wildman–Crippen LogP) is 2.91. The fourth-order valence-corrected chi connectivity index (χ4v) is 5.03. The van der Waals surface area contributed by atoms with Crippen LogP contribution in [0.2, 0.25) is 5.02 Å². The molecule has 1 atom stereocenters. The minimum absolute atomic E-state index is 0.0109. The molecule has 2 aromatic carbocycles. The van der Waals surface area contributed by atoms with E-state index in [4.69, 9.17) is 11.6 Å². The SMILES string of the molecule is CC(C)C(NC(=O)c1ccc(Cl)cc1)C(=O)N1CCN(S(=O)(=O)c2ccc(F)c(F)c2)CC1. The Morgan fingerprint density at radius 3 is 2.12 bits per heavy atom. The summed E-state index contributed by atoms with van der Waals surface area (Å²) in [4.78, 5) is 26.8. The van der Waals surface area contributed by atoms with Crippen LogP contribution in [0.3, 0.4) is 0 Å². The number of piperazine rings is 1. The highest BCUT2D eigenvalue weighted by Gasteiger charge is 2.34. The fourth-order valence-electron chi connectivity index (χ4n) is 3.47. The molecule has 11 heteroatoms. The number of amides is 2. The molecule has 3 rings (SSSR count). The summed E-state index contributed by atoms with van der Waals surface area (Å²) in [6, 6.07) is 7.88. The van der Waals surface area contributed by atoms with Crippen molar-refractivity contribution < 1.29 is 26.8 Å². The molecule has 0 radical (unpaired) electrons. The van der Waals surface area contributed by atoms with Gasteiger partial charge in [-0.1, -0.05) is 25.4 Å². The van der Waals surface area contributed by atoms with Crippen molar-refractivity contribution in [3.05, 3.63) is 64.7 Å². The van der Waals surface area contributed by atoms with Gasteiger partial charge in [-0.05, 0) is 48.4 Å². The van der Waals surface area contributed by atoms with Gasteiger partial charge in [-0.15, -0.1) is 0 Å². The molecule has 0 bridgehead atoms. The Balaban J connectivity index is 1.66. The van der Waals surface area contributed by atoms with Gasteiger partial charge in [-0.3, -0.25) is 9.59 Å². The van der Waals surface area contributed by atoms with Crippen molar-refractivity contribution in [2.75, 3.05) is 26.2 Å². The first-order valence-corrected chi connectivity index (χ1v) is 12.1. The van der Waals surface area contributed by atoms with E-state index in [2.05, 4.69) is 5.32 Å². The van der Waals surface area contributed by atoms with Gasteiger partial charge >= 0.3 is 0 Å². The quantitative estimate of drug-likeness (QED) is 0.662. The molecule has 2 amide bonds. The van der Waals surface area contributed by atoms with E-state index in [1.807, 2.05) is 0 Å². The normalized spacial score (nSPS) is 16.0. The Bertz CT molecular complexity index is 1130. The molecule has 1 fully saturated rings. The van der Waals surface area contributed by atoms with Crippen LogP contribution in [0.4, 0.5) is 8.78 Å². The monoisotopic (exact) mass is 499 g/mol. The van der Waals surface area contributed by atoms with E-state index in [-0.39, 0.29) is 42.9 Å². The average Bonchev–Trinajstić information content (AvgIpc) is 2.79. The van der Waals surface area contributed by atoms with Gasteiger partial charge in [0.1, 0.15) is 6.04 Å². The zero-order valence-electron chi connectivity index (χ0n) is 18.1. The van der Waals surface area contributed by atoms with Gasteiger partial charge in [-0.2, -0.15) is 4.31 Å². The van der Waals surface area contributed by atoms with Crippen LogP contribution in [0, 0.1) is 17.6 Å². The van der Waals surface area contributed by atoms with Gasteiger partial charge in [-0.25, -0.2) is 17.2 Å².